The third-order valence-electron chi connectivity index (χ3n) is 5.89. The molecule has 0 aliphatic carbocycles. The summed E-state index contributed by atoms with van der Waals surface area (Å²) >= 11 is 16.4. The van der Waals surface area contributed by atoms with E-state index in [0.29, 0.717) is 33.5 Å². The van der Waals surface area contributed by atoms with Gasteiger partial charge in [0.15, 0.2) is 0 Å². The number of carbonyl (C=O) groups excluding carboxylic acids is 1. The molecule has 0 fully saturated rings. The van der Waals surface area contributed by atoms with Crippen molar-refractivity contribution in [1.82, 2.24) is 5.01 Å². The summed E-state index contributed by atoms with van der Waals surface area (Å²) in [7, 11) is 0. The first-order valence-electron chi connectivity index (χ1n) is 9.69. The highest BCUT2D eigenvalue weighted by Gasteiger charge is 2.61. The van der Waals surface area contributed by atoms with Crippen LogP contribution in [0.2, 0.25) is 10.0 Å². The van der Waals surface area contributed by atoms with Crippen molar-refractivity contribution in [2.75, 3.05) is 5.32 Å². The van der Waals surface area contributed by atoms with E-state index in [2.05, 4.69) is 21.2 Å². The van der Waals surface area contributed by atoms with Gasteiger partial charge in [-0.1, -0.05) is 69.5 Å². The Morgan fingerprint density at radius 2 is 1.94 bits per heavy atom. The highest BCUT2D eigenvalue weighted by Crippen LogP contribution is 2.56. The second kappa shape index (κ2) is 6.73. The van der Waals surface area contributed by atoms with E-state index in [9.17, 15) is 4.79 Å². The van der Waals surface area contributed by atoms with Gasteiger partial charge in [-0.25, -0.2) is 5.01 Å². The monoisotopic (exact) mass is 513 g/mol. The molecule has 3 aliphatic heterocycles. The molecule has 5 nitrogen and oxygen atoms in total. The molecule has 2 unspecified atom stereocenters. The molecule has 2 atom stereocenters. The van der Waals surface area contributed by atoms with E-state index in [1.54, 1.807) is 11.1 Å². The molecule has 31 heavy (non-hydrogen) atoms. The van der Waals surface area contributed by atoms with Gasteiger partial charge in [0.1, 0.15) is 5.75 Å². The van der Waals surface area contributed by atoms with Gasteiger partial charge in [-0.05, 0) is 35.9 Å². The summed E-state index contributed by atoms with van der Waals surface area (Å²) in [6, 6.07) is 18.7. The fourth-order valence-electron chi connectivity index (χ4n) is 4.54. The van der Waals surface area contributed by atoms with Crippen molar-refractivity contribution in [3.8, 4) is 5.75 Å². The molecule has 0 saturated carbocycles. The molecule has 1 amide bonds. The molecule has 3 aromatic rings. The number of nitrogens with zero attached hydrogens (tertiary/aromatic N) is 2. The number of benzene rings is 3. The Bertz CT molecular complexity index is 1300. The smallest absolute Gasteiger partial charge is 0.306 e. The van der Waals surface area contributed by atoms with Crippen LogP contribution in [0, 0.1) is 0 Å². The van der Waals surface area contributed by atoms with Crippen molar-refractivity contribution in [3.05, 3.63) is 91.9 Å². The fourth-order valence-corrected chi connectivity index (χ4v) is 5.45. The summed E-state index contributed by atoms with van der Waals surface area (Å²) in [6.45, 7) is 0. The summed E-state index contributed by atoms with van der Waals surface area (Å²) in [5.41, 5.74) is 2.58. The maximum atomic E-state index is 13.5. The van der Waals surface area contributed by atoms with Crippen LogP contribution in [0.1, 0.15) is 29.2 Å². The van der Waals surface area contributed by atoms with Gasteiger partial charge in [0.2, 0.25) is 0 Å². The lowest BCUT2D eigenvalue weighted by Crippen LogP contribution is -2.55. The molecule has 154 valence electrons. The summed E-state index contributed by atoms with van der Waals surface area (Å²) in [4.78, 5) is 13.5. The quantitative estimate of drug-likeness (QED) is 0.426. The average molecular weight is 515 g/mol. The minimum absolute atomic E-state index is 0.258. The minimum Gasteiger partial charge on any atom is -0.451 e. The molecule has 3 heterocycles. The number of rotatable bonds is 1. The zero-order valence-electron chi connectivity index (χ0n) is 15.9. The third-order valence-corrected chi connectivity index (χ3v) is 6.88. The first-order valence-corrected chi connectivity index (χ1v) is 11.2. The largest absolute Gasteiger partial charge is 0.451 e. The Kier molecular flexibility index (Phi) is 4.16. The van der Waals surface area contributed by atoms with Crippen molar-refractivity contribution < 1.29 is 9.53 Å². The lowest BCUT2D eigenvalue weighted by Gasteiger charge is -2.44. The van der Waals surface area contributed by atoms with Crippen molar-refractivity contribution in [3.63, 3.8) is 0 Å². The summed E-state index contributed by atoms with van der Waals surface area (Å²) < 4.78 is 7.29. The predicted molar refractivity (Wildman–Crippen MR) is 124 cm³/mol. The van der Waals surface area contributed by atoms with Gasteiger partial charge in [0.25, 0.3) is 5.91 Å². The molecule has 6 rings (SSSR count). The second-order valence-corrected chi connectivity index (χ2v) is 9.43. The third kappa shape index (κ3) is 2.68. The average Bonchev–Trinajstić information content (AvgIpc) is 3.31. The first-order chi connectivity index (χ1) is 15.0. The number of fused-ring (bicyclic) bond motifs is 6. The van der Waals surface area contributed by atoms with E-state index in [-0.39, 0.29) is 11.9 Å². The summed E-state index contributed by atoms with van der Waals surface area (Å²) in [5.74, 6) is 0.153. The number of nitrogens with one attached hydrogen (secondary N) is 1. The SMILES string of the molecule is O=C1Nc2ccc(Br)cc2C12Oc1c(Cl)cc(Cl)cc1C1CC(c3ccccc3)=NN12. The van der Waals surface area contributed by atoms with E-state index in [4.69, 9.17) is 33.0 Å². The van der Waals surface area contributed by atoms with E-state index in [0.717, 1.165) is 21.3 Å². The number of amides is 1. The predicted octanol–water partition coefficient (Wildman–Crippen LogP) is 6.10. The molecule has 0 bridgehead atoms. The molecule has 3 aliphatic rings. The Morgan fingerprint density at radius 3 is 2.74 bits per heavy atom. The van der Waals surface area contributed by atoms with Gasteiger partial charge in [0.05, 0.1) is 28.0 Å². The summed E-state index contributed by atoms with van der Waals surface area (Å²) in [6.07, 6.45) is 0.593. The molecule has 1 N–H and O–H groups in total. The van der Waals surface area contributed by atoms with Gasteiger partial charge >= 0.3 is 5.72 Å². The van der Waals surface area contributed by atoms with Crippen molar-refractivity contribution in [1.29, 1.82) is 0 Å². The van der Waals surface area contributed by atoms with Gasteiger partial charge in [0, 0.05) is 21.5 Å². The fraction of sp³-hybridized carbons (Fsp3) is 0.130. The Morgan fingerprint density at radius 1 is 1.13 bits per heavy atom. The van der Waals surface area contributed by atoms with Crippen LogP contribution in [0.4, 0.5) is 5.69 Å². The van der Waals surface area contributed by atoms with Crippen LogP contribution in [0.25, 0.3) is 0 Å². The topological polar surface area (TPSA) is 53.9 Å². The zero-order chi connectivity index (χ0) is 21.3. The van der Waals surface area contributed by atoms with Crippen molar-refractivity contribution in [2.24, 2.45) is 5.10 Å². The van der Waals surface area contributed by atoms with Crippen LogP contribution in [-0.4, -0.2) is 16.6 Å². The normalized spacial score (nSPS) is 23.1. The lowest BCUT2D eigenvalue weighted by molar-refractivity contribution is -0.161. The zero-order valence-corrected chi connectivity index (χ0v) is 19.0. The van der Waals surface area contributed by atoms with E-state index >= 15 is 0 Å². The maximum absolute atomic E-state index is 13.5. The van der Waals surface area contributed by atoms with E-state index in [1.807, 2.05) is 54.6 Å². The molecule has 0 aromatic heterocycles. The molecule has 0 saturated heterocycles. The highest BCUT2D eigenvalue weighted by atomic mass is 79.9. The summed E-state index contributed by atoms with van der Waals surface area (Å²) in [5, 5.41) is 10.5. The molecule has 1 spiro atoms. The van der Waals surface area contributed by atoms with Gasteiger partial charge in [-0.3, -0.25) is 4.79 Å². The highest BCUT2D eigenvalue weighted by molar-refractivity contribution is 9.10. The van der Waals surface area contributed by atoms with Crippen LogP contribution in [-0.2, 0) is 10.5 Å². The number of hydrogen-bond acceptors (Lipinski definition) is 4. The molecule has 0 radical (unpaired) electrons. The Balaban J connectivity index is 1.62. The van der Waals surface area contributed by atoms with Gasteiger partial charge < -0.3 is 10.1 Å². The molecule has 8 heteroatoms. The lowest BCUT2D eigenvalue weighted by atomic mass is 9.92. The van der Waals surface area contributed by atoms with E-state index in [1.165, 1.54) is 0 Å². The van der Waals surface area contributed by atoms with Crippen LogP contribution in [0.15, 0.2) is 70.2 Å². The Hall–Kier alpha value is -2.54. The Labute approximate surface area is 196 Å². The van der Waals surface area contributed by atoms with Crippen LogP contribution >= 0.6 is 39.1 Å². The van der Waals surface area contributed by atoms with Gasteiger partial charge in [-0.15, -0.1) is 0 Å². The second-order valence-electron chi connectivity index (χ2n) is 7.67. The number of hydrazone groups is 1. The van der Waals surface area contributed by atoms with Crippen LogP contribution in [0.3, 0.4) is 0 Å². The minimum atomic E-state index is -1.47. The van der Waals surface area contributed by atoms with Crippen LogP contribution in [0.5, 0.6) is 5.75 Å². The standard InChI is InChI=1S/C23H14BrCl2N3O2/c24-13-6-7-18-16(8-13)23(22(30)27-18)29-20(11-19(28-29)12-4-2-1-3-5-12)15-9-14(25)10-17(26)21(15)31-23/h1-10,20H,11H2,(H,27,30). The van der Waals surface area contributed by atoms with Gasteiger partial charge in [-0.2, -0.15) is 5.10 Å². The number of ether oxygens (including phenoxy) is 1. The van der Waals surface area contributed by atoms with Crippen molar-refractivity contribution in [2.45, 2.75) is 18.2 Å². The van der Waals surface area contributed by atoms with Crippen LogP contribution < -0.4 is 10.1 Å². The molecular weight excluding hydrogens is 501 g/mol. The van der Waals surface area contributed by atoms with Crippen molar-refractivity contribution >= 4 is 56.4 Å². The first kappa shape index (κ1) is 19.2. The maximum Gasteiger partial charge on any atom is 0.306 e. The number of halogens is 3. The van der Waals surface area contributed by atoms with E-state index < -0.39 is 5.72 Å². The number of anilines is 1. The number of carbonyl (C=O) groups is 1. The molecular formula is C23H14BrCl2N3O2. The molecule has 3 aromatic carbocycles. The number of hydrogen-bond donors (Lipinski definition) is 1.